The van der Waals surface area contributed by atoms with Gasteiger partial charge in [-0.15, -0.1) is 0 Å². The fourth-order valence-electron chi connectivity index (χ4n) is 1.11. The van der Waals surface area contributed by atoms with E-state index in [0.717, 1.165) is 0 Å². The van der Waals surface area contributed by atoms with Gasteiger partial charge in [0, 0.05) is 5.56 Å². The van der Waals surface area contributed by atoms with Crippen LogP contribution in [0.25, 0.3) is 0 Å². The number of methoxy groups -OCH3 is 1. The molecule has 14 heavy (non-hydrogen) atoms. The predicted molar refractivity (Wildman–Crippen MR) is 54.1 cm³/mol. The molecule has 0 aliphatic heterocycles. The number of carbonyl (C=O) groups is 1. The molecule has 0 aliphatic carbocycles. The van der Waals surface area contributed by atoms with Crippen molar-refractivity contribution in [2.24, 2.45) is 0 Å². The maximum absolute atomic E-state index is 10.8. The van der Waals surface area contributed by atoms with Crippen LogP contribution in [0.1, 0.15) is 15.9 Å². The third-order valence-electron chi connectivity index (χ3n) is 1.97. The van der Waals surface area contributed by atoms with Crippen LogP contribution < -0.4 is 10.5 Å². The summed E-state index contributed by atoms with van der Waals surface area (Å²) in [5.74, 6) is -0.704. The van der Waals surface area contributed by atoms with Crippen molar-refractivity contribution in [3.8, 4) is 5.75 Å². The zero-order valence-corrected chi connectivity index (χ0v) is 8.55. The van der Waals surface area contributed by atoms with E-state index in [1.165, 1.54) is 13.2 Å². The van der Waals surface area contributed by atoms with Gasteiger partial charge in [-0.3, -0.25) is 0 Å². The number of nitrogen functional groups attached to an aromatic ring is 1. The Morgan fingerprint density at radius 1 is 1.64 bits per heavy atom. The quantitative estimate of drug-likeness (QED) is 0.740. The van der Waals surface area contributed by atoms with Crippen LogP contribution in [0, 0.1) is 6.92 Å². The van der Waals surface area contributed by atoms with E-state index < -0.39 is 5.97 Å². The van der Waals surface area contributed by atoms with Crippen molar-refractivity contribution in [2.75, 3.05) is 12.8 Å². The lowest BCUT2D eigenvalue weighted by Crippen LogP contribution is -2.03. The Kier molecular flexibility index (Phi) is 2.86. The Morgan fingerprint density at radius 3 is 2.64 bits per heavy atom. The molecule has 0 fully saturated rings. The number of hydrogen-bond donors (Lipinski definition) is 2. The van der Waals surface area contributed by atoms with Crippen LogP contribution in [0.2, 0.25) is 5.02 Å². The number of anilines is 1. The van der Waals surface area contributed by atoms with Crippen molar-refractivity contribution < 1.29 is 14.6 Å². The predicted octanol–water partition coefficient (Wildman–Crippen LogP) is 1.94. The van der Waals surface area contributed by atoms with Crippen molar-refractivity contribution in [1.82, 2.24) is 0 Å². The second-order valence-electron chi connectivity index (χ2n) is 2.78. The summed E-state index contributed by atoms with van der Waals surface area (Å²) in [4.78, 5) is 10.8. The van der Waals surface area contributed by atoms with Gasteiger partial charge in [0.15, 0.2) is 0 Å². The Bertz CT molecular complexity index is 390. The molecule has 0 aromatic heterocycles. The lowest BCUT2D eigenvalue weighted by Gasteiger charge is -2.11. The highest BCUT2D eigenvalue weighted by molar-refractivity contribution is 6.36. The Hall–Kier alpha value is -1.42. The monoisotopic (exact) mass is 215 g/mol. The number of halogens is 1. The molecule has 0 saturated carbocycles. The van der Waals surface area contributed by atoms with Crippen LogP contribution in [0.15, 0.2) is 6.07 Å². The second-order valence-corrected chi connectivity index (χ2v) is 3.16. The van der Waals surface area contributed by atoms with Gasteiger partial charge in [-0.2, -0.15) is 0 Å². The third-order valence-corrected chi connectivity index (χ3v) is 2.38. The zero-order chi connectivity index (χ0) is 10.9. The highest BCUT2D eigenvalue weighted by Crippen LogP contribution is 2.33. The highest BCUT2D eigenvalue weighted by atomic mass is 35.5. The minimum atomic E-state index is -1.12. The van der Waals surface area contributed by atoms with Gasteiger partial charge in [0.2, 0.25) is 0 Å². The summed E-state index contributed by atoms with van der Waals surface area (Å²) in [5, 5.41) is 8.86. The average molecular weight is 216 g/mol. The first-order chi connectivity index (χ1) is 6.49. The normalized spacial score (nSPS) is 9.93. The lowest BCUT2D eigenvalue weighted by molar-refractivity contribution is 0.0696. The van der Waals surface area contributed by atoms with Crippen molar-refractivity contribution in [2.45, 2.75) is 6.92 Å². The summed E-state index contributed by atoms with van der Waals surface area (Å²) < 4.78 is 4.97. The van der Waals surface area contributed by atoms with E-state index >= 15 is 0 Å². The summed E-state index contributed by atoms with van der Waals surface area (Å²) >= 11 is 5.76. The number of carboxylic acids is 1. The van der Waals surface area contributed by atoms with Gasteiger partial charge in [0.1, 0.15) is 5.75 Å². The number of ether oxygens (including phenoxy) is 1. The summed E-state index contributed by atoms with van der Waals surface area (Å²) in [7, 11) is 1.45. The van der Waals surface area contributed by atoms with Crippen molar-refractivity contribution in [1.29, 1.82) is 0 Å². The molecular weight excluding hydrogens is 206 g/mol. The van der Waals surface area contributed by atoms with Gasteiger partial charge in [-0.1, -0.05) is 11.6 Å². The zero-order valence-electron chi connectivity index (χ0n) is 7.80. The molecule has 0 heterocycles. The van der Waals surface area contributed by atoms with Gasteiger partial charge < -0.3 is 15.6 Å². The molecule has 1 aromatic carbocycles. The van der Waals surface area contributed by atoms with Crippen LogP contribution >= 0.6 is 11.6 Å². The molecule has 4 nitrogen and oxygen atoms in total. The fraction of sp³-hybridized carbons (Fsp3) is 0.222. The molecular formula is C9H10ClNO3. The number of nitrogens with two attached hydrogens (primary N) is 1. The van der Waals surface area contributed by atoms with E-state index in [-0.39, 0.29) is 16.3 Å². The first-order valence-corrected chi connectivity index (χ1v) is 4.22. The van der Waals surface area contributed by atoms with E-state index in [0.29, 0.717) is 11.3 Å². The van der Waals surface area contributed by atoms with E-state index in [9.17, 15) is 4.79 Å². The van der Waals surface area contributed by atoms with Gasteiger partial charge >= 0.3 is 5.97 Å². The standard InChI is InChI=1S/C9H10ClNO3/c1-4-6(14-2)3-5(9(12)13)7(10)8(4)11/h3H,11H2,1-2H3,(H,12,13). The van der Waals surface area contributed by atoms with Gasteiger partial charge in [0.05, 0.1) is 23.4 Å². The third kappa shape index (κ3) is 1.61. The molecule has 0 bridgehead atoms. The summed E-state index contributed by atoms with van der Waals surface area (Å²) in [6.45, 7) is 1.71. The molecule has 0 unspecified atom stereocenters. The minimum Gasteiger partial charge on any atom is -0.496 e. The van der Waals surface area contributed by atoms with Crippen LogP contribution in [-0.2, 0) is 0 Å². The summed E-state index contributed by atoms with van der Waals surface area (Å²) in [6, 6.07) is 1.36. The highest BCUT2D eigenvalue weighted by Gasteiger charge is 2.16. The molecule has 0 saturated heterocycles. The Labute approximate surface area is 86.2 Å². The Morgan fingerprint density at radius 2 is 2.21 bits per heavy atom. The Balaban J connectivity index is 3.48. The molecule has 5 heteroatoms. The first-order valence-electron chi connectivity index (χ1n) is 3.85. The number of aromatic carboxylic acids is 1. The van der Waals surface area contributed by atoms with Gasteiger partial charge in [-0.25, -0.2) is 4.79 Å². The summed E-state index contributed by atoms with van der Waals surface area (Å²) in [5.41, 5.74) is 6.45. The molecule has 0 spiro atoms. The smallest absolute Gasteiger partial charge is 0.337 e. The molecule has 0 atom stereocenters. The molecule has 3 N–H and O–H groups in total. The second kappa shape index (κ2) is 3.75. The molecule has 1 rings (SSSR count). The summed E-state index contributed by atoms with van der Waals surface area (Å²) in [6.07, 6.45) is 0. The van der Waals surface area contributed by atoms with Gasteiger partial charge in [0.25, 0.3) is 0 Å². The van der Waals surface area contributed by atoms with E-state index in [4.69, 9.17) is 27.2 Å². The largest absolute Gasteiger partial charge is 0.496 e. The van der Waals surface area contributed by atoms with E-state index in [1.807, 2.05) is 0 Å². The number of benzene rings is 1. The van der Waals surface area contributed by atoms with Crippen molar-refractivity contribution >= 4 is 23.3 Å². The minimum absolute atomic E-state index is 0.0494. The van der Waals surface area contributed by atoms with E-state index in [1.54, 1.807) is 6.92 Å². The maximum atomic E-state index is 10.8. The van der Waals surface area contributed by atoms with Crippen LogP contribution in [-0.4, -0.2) is 18.2 Å². The number of carboxylic acid groups (broad SMARTS) is 1. The van der Waals surface area contributed by atoms with Crippen LogP contribution in [0.5, 0.6) is 5.75 Å². The SMILES string of the molecule is COc1cc(C(=O)O)c(Cl)c(N)c1C. The number of hydrogen-bond acceptors (Lipinski definition) is 3. The number of rotatable bonds is 2. The van der Waals surface area contributed by atoms with Crippen LogP contribution in [0.4, 0.5) is 5.69 Å². The molecule has 0 radical (unpaired) electrons. The molecule has 0 aliphatic rings. The average Bonchev–Trinajstić information content (AvgIpc) is 2.14. The maximum Gasteiger partial charge on any atom is 0.337 e. The van der Waals surface area contributed by atoms with Gasteiger partial charge in [-0.05, 0) is 13.0 Å². The first kappa shape index (κ1) is 10.7. The van der Waals surface area contributed by atoms with Crippen LogP contribution in [0.3, 0.4) is 0 Å². The fourth-order valence-corrected chi connectivity index (χ4v) is 1.39. The lowest BCUT2D eigenvalue weighted by atomic mass is 10.1. The van der Waals surface area contributed by atoms with E-state index in [2.05, 4.69) is 0 Å². The molecule has 1 aromatic rings. The van der Waals surface area contributed by atoms with Crippen molar-refractivity contribution in [3.63, 3.8) is 0 Å². The molecule has 0 amide bonds. The van der Waals surface area contributed by atoms with Crippen molar-refractivity contribution in [3.05, 3.63) is 22.2 Å². The topological polar surface area (TPSA) is 72.5 Å². The molecule has 76 valence electrons.